The van der Waals surface area contributed by atoms with Crippen LogP contribution in [0.3, 0.4) is 0 Å². The molecule has 40 heavy (non-hydrogen) atoms. The maximum absolute atomic E-state index is 13.0. The van der Waals surface area contributed by atoms with Crippen LogP contribution in [0.2, 0.25) is 0 Å². The highest BCUT2D eigenvalue weighted by atomic mass is 16.5. The Morgan fingerprint density at radius 2 is 1.57 bits per heavy atom. The molecule has 0 radical (unpaired) electrons. The minimum atomic E-state index is -0.256. The Kier molecular flexibility index (Phi) is 8.30. The van der Waals surface area contributed by atoms with Crippen LogP contribution in [0.1, 0.15) is 55.2 Å². The molecule has 0 aliphatic heterocycles. The molecular formula is C35H37N3O2. The molecule has 5 rings (SSSR count). The number of nitrogens with zero attached hydrogens (tertiary/aromatic N) is 2. The molecule has 1 unspecified atom stereocenters. The van der Waals surface area contributed by atoms with E-state index in [0.29, 0.717) is 25.5 Å². The van der Waals surface area contributed by atoms with E-state index in [1.165, 1.54) is 11.1 Å². The monoisotopic (exact) mass is 531 g/mol. The van der Waals surface area contributed by atoms with Gasteiger partial charge in [0.15, 0.2) is 0 Å². The van der Waals surface area contributed by atoms with E-state index in [2.05, 4.69) is 79.2 Å². The van der Waals surface area contributed by atoms with E-state index in [9.17, 15) is 4.79 Å². The zero-order valence-corrected chi connectivity index (χ0v) is 23.7. The van der Waals surface area contributed by atoms with Crippen LogP contribution in [0.25, 0.3) is 22.2 Å². The number of para-hydroxylation sites is 2. The first kappa shape index (κ1) is 27.2. The highest BCUT2D eigenvalue weighted by Crippen LogP contribution is 2.28. The summed E-state index contributed by atoms with van der Waals surface area (Å²) < 4.78 is 8.47. The van der Waals surface area contributed by atoms with Crippen molar-refractivity contribution in [2.75, 3.05) is 6.61 Å². The molecule has 1 aromatic heterocycles. The SMILES string of the molecule is Cc1ccc(C(C)C)c(OCCn2c(C(C)NC(=O)Cc3ccc(-c4ccccc4)cc3)nc3ccccc32)c1. The number of aromatic nitrogens is 2. The number of nitrogens with one attached hydrogen (secondary N) is 1. The zero-order chi connectivity index (χ0) is 28.1. The molecule has 1 atom stereocenters. The summed E-state index contributed by atoms with van der Waals surface area (Å²) in [5.41, 5.74) is 7.61. The van der Waals surface area contributed by atoms with Gasteiger partial charge < -0.3 is 14.6 Å². The molecule has 5 heteroatoms. The van der Waals surface area contributed by atoms with Crippen molar-refractivity contribution in [2.24, 2.45) is 0 Å². The summed E-state index contributed by atoms with van der Waals surface area (Å²) >= 11 is 0. The predicted molar refractivity (Wildman–Crippen MR) is 163 cm³/mol. The quantitative estimate of drug-likeness (QED) is 0.202. The molecule has 0 fully saturated rings. The lowest BCUT2D eigenvalue weighted by Crippen LogP contribution is -2.30. The lowest BCUT2D eigenvalue weighted by molar-refractivity contribution is -0.121. The number of hydrogen-bond acceptors (Lipinski definition) is 3. The molecule has 0 aliphatic carbocycles. The summed E-state index contributed by atoms with van der Waals surface area (Å²) in [7, 11) is 0. The van der Waals surface area contributed by atoms with Gasteiger partial charge in [0.25, 0.3) is 0 Å². The lowest BCUT2D eigenvalue weighted by atomic mass is 10.0. The predicted octanol–water partition coefficient (Wildman–Crippen LogP) is 7.63. The van der Waals surface area contributed by atoms with Crippen LogP contribution in [0.4, 0.5) is 0 Å². The van der Waals surface area contributed by atoms with E-state index < -0.39 is 0 Å². The molecular weight excluding hydrogens is 494 g/mol. The number of rotatable bonds is 10. The van der Waals surface area contributed by atoms with Crippen LogP contribution < -0.4 is 10.1 Å². The van der Waals surface area contributed by atoms with Gasteiger partial charge in [0.2, 0.25) is 5.91 Å². The van der Waals surface area contributed by atoms with Crippen molar-refractivity contribution >= 4 is 16.9 Å². The summed E-state index contributed by atoms with van der Waals surface area (Å²) in [6, 6.07) is 32.7. The molecule has 1 N–H and O–H groups in total. The van der Waals surface area contributed by atoms with Crippen LogP contribution in [-0.2, 0) is 17.8 Å². The van der Waals surface area contributed by atoms with Crippen LogP contribution in [0.5, 0.6) is 5.75 Å². The molecule has 1 heterocycles. The second-order valence-corrected chi connectivity index (χ2v) is 10.7. The molecule has 4 aromatic carbocycles. The fourth-order valence-electron chi connectivity index (χ4n) is 5.14. The summed E-state index contributed by atoms with van der Waals surface area (Å²) in [5.74, 6) is 2.10. The Hall–Kier alpha value is -4.38. The summed E-state index contributed by atoms with van der Waals surface area (Å²) in [6.07, 6.45) is 0.314. The normalized spacial score (nSPS) is 12.0. The first-order valence-corrected chi connectivity index (χ1v) is 14.0. The molecule has 204 valence electrons. The van der Waals surface area contributed by atoms with Gasteiger partial charge in [0.1, 0.15) is 18.2 Å². The van der Waals surface area contributed by atoms with Gasteiger partial charge in [0.05, 0.1) is 30.0 Å². The Labute approximate surface area is 236 Å². The Balaban J connectivity index is 1.28. The van der Waals surface area contributed by atoms with Crippen molar-refractivity contribution in [3.05, 3.63) is 120 Å². The van der Waals surface area contributed by atoms with Crippen LogP contribution in [-0.4, -0.2) is 22.1 Å². The molecule has 5 nitrogen and oxygen atoms in total. The lowest BCUT2D eigenvalue weighted by Gasteiger charge is -2.18. The molecule has 0 bridgehead atoms. The van der Waals surface area contributed by atoms with Crippen molar-refractivity contribution in [3.63, 3.8) is 0 Å². The molecule has 1 amide bonds. The Morgan fingerprint density at radius 1 is 0.875 bits per heavy atom. The van der Waals surface area contributed by atoms with Gasteiger partial charge in [-0.15, -0.1) is 0 Å². The van der Waals surface area contributed by atoms with Gasteiger partial charge in [-0.1, -0.05) is 92.7 Å². The first-order valence-electron chi connectivity index (χ1n) is 14.0. The van der Waals surface area contributed by atoms with Crippen LogP contribution in [0.15, 0.2) is 97.1 Å². The number of imidazole rings is 1. The topological polar surface area (TPSA) is 56.1 Å². The maximum atomic E-state index is 13.0. The molecule has 0 saturated heterocycles. The molecule has 0 aliphatic rings. The van der Waals surface area contributed by atoms with Gasteiger partial charge in [0, 0.05) is 0 Å². The summed E-state index contributed by atoms with van der Waals surface area (Å²) in [4.78, 5) is 17.9. The summed E-state index contributed by atoms with van der Waals surface area (Å²) in [6.45, 7) is 9.57. The fraction of sp³-hybridized carbons (Fsp3) is 0.257. The van der Waals surface area contributed by atoms with E-state index in [1.807, 2.05) is 55.5 Å². The van der Waals surface area contributed by atoms with Crippen molar-refractivity contribution in [1.82, 2.24) is 14.9 Å². The maximum Gasteiger partial charge on any atom is 0.224 e. The molecule has 0 saturated carbocycles. The standard InChI is InChI=1S/C35H37N3O2/c1-24(2)30-19-14-25(3)22-33(30)40-21-20-38-32-13-9-8-12-31(32)37-35(38)26(4)36-34(39)23-27-15-17-29(18-16-27)28-10-6-5-7-11-28/h5-19,22,24,26H,20-21,23H2,1-4H3,(H,36,39). The van der Waals surface area contributed by atoms with Crippen LogP contribution in [0, 0.1) is 6.92 Å². The second-order valence-electron chi connectivity index (χ2n) is 10.7. The number of fused-ring (bicyclic) bond motifs is 1. The van der Waals surface area contributed by atoms with Crippen molar-refractivity contribution in [3.8, 4) is 16.9 Å². The van der Waals surface area contributed by atoms with Crippen molar-refractivity contribution in [1.29, 1.82) is 0 Å². The van der Waals surface area contributed by atoms with Gasteiger partial charge >= 0.3 is 0 Å². The van der Waals surface area contributed by atoms with E-state index in [-0.39, 0.29) is 11.9 Å². The van der Waals surface area contributed by atoms with E-state index >= 15 is 0 Å². The zero-order valence-electron chi connectivity index (χ0n) is 23.7. The molecule has 5 aromatic rings. The minimum absolute atomic E-state index is 0.0313. The smallest absolute Gasteiger partial charge is 0.224 e. The third-order valence-corrected chi connectivity index (χ3v) is 7.24. The minimum Gasteiger partial charge on any atom is -0.491 e. The highest BCUT2D eigenvalue weighted by molar-refractivity contribution is 5.80. The van der Waals surface area contributed by atoms with Crippen molar-refractivity contribution in [2.45, 2.75) is 52.6 Å². The number of benzene rings is 4. The van der Waals surface area contributed by atoms with Gasteiger partial charge in [-0.05, 0) is 65.8 Å². The van der Waals surface area contributed by atoms with E-state index in [1.54, 1.807) is 0 Å². The number of carbonyl (C=O) groups excluding carboxylic acids is 1. The number of aryl methyl sites for hydroxylation is 1. The van der Waals surface area contributed by atoms with Crippen molar-refractivity contribution < 1.29 is 9.53 Å². The highest BCUT2D eigenvalue weighted by Gasteiger charge is 2.19. The number of hydrogen-bond donors (Lipinski definition) is 1. The van der Waals surface area contributed by atoms with E-state index in [0.717, 1.165) is 39.3 Å². The third kappa shape index (κ3) is 6.26. The second kappa shape index (κ2) is 12.2. The number of carbonyl (C=O) groups is 1. The largest absolute Gasteiger partial charge is 0.491 e. The average Bonchev–Trinajstić information content (AvgIpc) is 3.32. The van der Waals surface area contributed by atoms with Gasteiger partial charge in [-0.25, -0.2) is 4.98 Å². The van der Waals surface area contributed by atoms with Gasteiger partial charge in [-0.2, -0.15) is 0 Å². The molecule has 0 spiro atoms. The third-order valence-electron chi connectivity index (χ3n) is 7.24. The van der Waals surface area contributed by atoms with Crippen LogP contribution >= 0.6 is 0 Å². The Morgan fingerprint density at radius 3 is 2.33 bits per heavy atom. The fourth-order valence-corrected chi connectivity index (χ4v) is 5.14. The van der Waals surface area contributed by atoms with Gasteiger partial charge in [-0.3, -0.25) is 4.79 Å². The Bertz CT molecular complexity index is 1590. The first-order chi connectivity index (χ1) is 19.4. The number of ether oxygens (including phenoxy) is 1. The van der Waals surface area contributed by atoms with E-state index in [4.69, 9.17) is 9.72 Å². The summed E-state index contributed by atoms with van der Waals surface area (Å²) in [5, 5.41) is 3.17. The number of amides is 1. The average molecular weight is 532 g/mol.